The Balaban J connectivity index is 2.48. The minimum atomic E-state index is -0.218. The summed E-state index contributed by atoms with van der Waals surface area (Å²) in [5.74, 6) is 0.334. The van der Waals surface area contributed by atoms with Crippen LogP contribution in [-0.2, 0) is 4.74 Å². The molecule has 1 N–H and O–H groups in total. The zero-order valence-electron chi connectivity index (χ0n) is 10.4. The highest BCUT2D eigenvalue weighted by Crippen LogP contribution is 2.16. The quantitative estimate of drug-likeness (QED) is 0.771. The van der Waals surface area contributed by atoms with Crippen LogP contribution >= 0.6 is 0 Å². The summed E-state index contributed by atoms with van der Waals surface area (Å²) in [7, 11) is 0. The van der Waals surface area contributed by atoms with Gasteiger partial charge in [0.15, 0.2) is 0 Å². The van der Waals surface area contributed by atoms with Gasteiger partial charge in [0.05, 0.1) is 18.8 Å². The first-order valence-electron chi connectivity index (χ1n) is 6.08. The number of aliphatic hydroxyl groups is 1. The Bertz CT molecular complexity index is 184. The summed E-state index contributed by atoms with van der Waals surface area (Å²) in [6.45, 7) is 10.9. The molecule has 0 radical (unpaired) electrons. The van der Waals surface area contributed by atoms with E-state index in [9.17, 15) is 5.11 Å². The van der Waals surface area contributed by atoms with Gasteiger partial charge in [-0.2, -0.15) is 0 Å². The second-order valence-electron chi connectivity index (χ2n) is 4.97. The van der Waals surface area contributed by atoms with E-state index >= 15 is 0 Å². The van der Waals surface area contributed by atoms with Crippen molar-refractivity contribution in [2.24, 2.45) is 5.92 Å². The van der Waals surface area contributed by atoms with Gasteiger partial charge < -0.3 is 9.84 Å². The maximum atomic E-state index is 9.90. The van der Waals surface area contributed by atoms with Crippen LogP contribution in [0.25, 0.3) is 0 Å². The van der Waals surface area contributed by atoms with E-state index in [4.69, 9.17) is 4.74 Å². The van der Waals surface area contributed by atoms with Gasteiger partial charge in [-0.15, -0.1) is 0 Å². The molecular weight excluding hydrogens is 190 g/mol. The van der Waals surface area contributed by atoms with Gasteiger partial charge in [0.2, 0.25) is 0 Å². The summed E-state index contributed by atoms with van der Waals surface area (Å²) in [4.78, 5) is 2.37. The molecule has 3 heteroatoms. The lowest BCUT2D eigenvalue weighted by molar-refractivity contribution is -0.0717. The summed E-state index contributed by atoms with van der Waals surface area (Å²) in [5, 5.41) is 9.90. The van der Waals surface area contributed by atoms with Crippen molar-refractivity contribution in [3.05, 3.63) is 0 Å². The smallest absolute Gasteiger partial charge is 0.0690 e. The van der Waals surface area contributed by atoms with Crippen LogP contribution in [-0.4, -0.2) is 48.0 Å². The molecule has 0 spiro atoms. The molecule has 0 bridgehead atoms. The van der Waals surface area contributed by atoms with Crippen LogP contribution in [0.4, 0.5) is 0 Å². The predicted molar refractivity (Wildman–Crippen MR) is 61.9 cm³/mol. The Morgan fingerprint density at radius 3 is 2.67 bits per heavy atom. The molecule has 1 fully saturated rings. The monoisotopic (exact) mass is 215 g/mol. The van der Waals surface area contributed by atoms with E-state index in [0.717, 1.165) is 26.1 Å². The third-order valence-electron chi connectivity index (χ3n) is 3.24. The van der Waals surface area contributed by atoms with Gasteiger partial charge in [0.1, 0.15) is 0 Å². The largest absolute Gasteiger partial charge is 0.392 e. The molecule has 0 aromatic carbocycles. The summed E-state index contributed by atoms with van der Waals surface area (Å²) >= 11 is 0. The molecule has 1 saturated heterocycles. The fourth-order valence-electron chi connectivity index (χ4n) is 1.96. The number of hydrogen-bond donors (Lipinski definition) is 1. The maximum absolute atomic E-state index is 9.90. The van der Waals surface area contributed by atoms with E-state index < -0.39 is 0 Å². The third kappa shape index (κ3) is 3.74. The number of rotatable bonds is 4. The van der Waals surface area contributed by atoms with Gasteiger partial charge in [-0.1, -0.05) is 20.8 Å². The summed E-state index contributed by atoms with van der Waals surface area (Å²) in [6.07, 6.45) is 1.17. The molecule has 3 nitrogen and oxygen atoms in total. The number of nitrogens with zero attached hydrogens (tertiary/aromatic N) is 1. The Morgan fingerprint density at radius 2 is 2.13 bits per heavy atom. The minimum absolute atomic E-state index is 0.218. The molecule has 3 atom stereocenters. The van der Waals surface area contributed by atoms with Crippen molar-refractivity contribution in [1.29, 1.82) is 0 Å². The van der Waals surface area contributed by atoms with Gasteiger partial charge >= 0.3 is 0 Å². The molecule has 1 heterocycles. The highest BCUT2D eigenvalue weighted by molar-refractivity contribution is 4.80. The molecule has 0 aromatic heterocycles. The van der Waals surface area contributed by atoms with Crippen LogP contribution in [0.1, 0.15) is 34.1 Å². The zero-order valence-corrected chi connectivity index (χ0v) is 10.4. The van der Waals surface area contributed by atoms with Gasteiger partial charge in [-0.05, 0) is 19.3 Å². The standard InChI is InChI=1S/C12H25NO2/c1-5-11-8-15-10(4)6-13(11)7-12(14)9(2)3/h9-12,14H,5-8H2,1-4H3. The first-order chi connectivity index (χ1) is 7.04. The van der Waals surface area contributed by atoms with Crippen molar-refractivity contribution in [3.63, 3.8) is 0 Å². The van der Waals surface area contributed by atoms with E-state index in [-0.39, 0.29) is 6.10 Å². The maximum Gasteiger partial charge on any atom is 0.0690 e. The highest BCUT2D eigenvalue weighted by atomic mass is 16.5. The summed E-state index contributed by atoms with van der Waals surface area (Å²) < 4.78 is 5.63. The number of β-amino-alcohol motifs (C(OH)–C–C–N with tert-alkyl or cyclic N) is 1. The molecule has 0 aliphatic carbocycles. The Hall–Kier alpha value is -0.120. The summed E-state index contributed by atoms with van der Waals surface area (Å²) in [5.41, 5.74) is 0. The number of ether oxygens (including phenoxy) is 1. The molecular formula is C12H25NO2. The van der Waals surface area contributed by atoms with E-state index in [1.165, 1.54) is 0 Å². The van der Waals surface area contributed by atoms with Gasteiger partial charge in [0.25, 0.3) is 0 Å². The Labute approximate surface area is 93.4 Å². The third-order valence-corrected chi connectivity index (χ3v) is 3.24. The average molecular weight is 215 g/mol. The second kappa shape index (κ2) is 5.83. The first kappa shape index (κ1) is 12.9. The first-order valence-corrected chi connectivity index (χ1v) is 6.08. The van der Waals surface area contributed by atoms with E-state index in [1.54, 1.807) is 0 Å². The normalized spacial score (nSPS) is 30.8. The van der Waals surface area contributed by atoms with E-state index in [1.807, 2.05) is 0 Å². The SMILES string of the molecule is CCC1COC(C)CN1CC(O)C(C)C. The second-order valence-corrected chi connectivity index (χ2v) is 4.97. The molecule has 3 unspecified atom stereocenters. The Kier molecular flexibility index (Phi) is 5.03. The molecule has 1 aliphatic heterocycles. The van der Waals surface area contributed by atoms with Crippen molar-refractivity contribution in [3.8, 4) is 0 Å². The molecule has 0 aromatic rings. The number of morpholine rings is 1. The number of hydrogen-bond acceptors (Lipinski definition) is 3. The van der Waals surface area contributed by atoms with Crippen LogP contribution < -0.4 is 0 Å². The van der Waals surface area contributed by atoms with Crippen LogP contribution in [0.15, 0.2) is 0 Å². The minimum Gasteiger partial charge on any atom is -0.392 e. The topological polar surface area (TPSA) is 32.7 Å². The summed E-state index contributed by atoms with van der Waals surface area (Å²) in [6, 6.07) is 0.481. The van der Waals surface area contributed by atoms with Crippen LogP contribution in [0, 0.1) is 5.92 Å². The molecule has 1 aliphatic rings. The predicted octanol–water partition coefficient (Wildman–Crippen LogP) is 1.50. The van der Waals surface area contributed by atoms with Crippen molar-refractivity contribution in [1.82, 2.24) is 4.90 Å². The molecule has 15 heavy (non-hydrogen) atoms. The van der Waals surface area contributed by atoms with Gasteiger partial charge in [-0.3, -0.25) is 4.90 Å². The Morgan fingerprint density at radius 1 is 1.47 bits per heavy atom. The van der Waals surface area contributed by atoms with Crippen molar-refractivity contribution in [2.45, 2.75) is 52.4 Å². The fraction of sp³-hybridized carbons (Fsp3) is 1.00. The van der Waals surface area contributed by atoms with Crippen molar-refractivity contribution < 1.29 is 9.84 Å². The van der Waals surface area contributed by atoms with Gasteiger partial charge in [-0.25, -0.2) is 0 Å². The lowest BCUT2D eigenvalue weighted by atomic mass is 10.0. The van der Waals surface area contributed by atoms with Crippen LogP contribution in [0.3, 0.4) is 0 Å². The molecule has 90 valence electrons. The lowest BCUT2D eigenvalue weighted by Crippen LogP contribution is -2.51. The van der Waals surface area contributed by atoms with Crippen molar-refractivity contribution >= 4 is 0 Å². The molecule has 1 rings (SSSR count). The number of aliphatic hydroxyl groups excluding tert-OH is 1. The molecule has 0 amide bonds. The lowest BCUT2D eigenvalue weighted by Gasteiger charge is -2.39. The van der Waals surface area contributed by atoms with Crippen LogP contribution in [0.5, 0.6) is 0 Å². The van der Waals surface area contributed by atoms with E-state index in [2.05, 4.69) is 32.6 Å². The average Bonchev–Trinajstić information content (AvgIpc) is 2.18. The van der Waals surface area contributed by atoms with Gasteiger partial charge in [0, 0.05) is 19.1 Å². The van der Waals surface area contributed by atoms with Crippen molar-refractivity contribution in [2.75, 3.05) is 19.7 Å². The molecule has 0 saturated carbocycles. The van der Waals surface area contributed by atoms with E-state index in [0.29, 0.717) is 18.1 Å². The highest BCUT2D eigenvalue weighted by Gasteiger charge is 2.27. The zero-order chi connectivity index (χ0) is 11.4. The fourth-order valence-corrected chi connectivity index (χ4v) is 1.96. The van der Waals surface area contributed by atoms with Crippen LogP contribution in [0.2, 0.25) is 0 Å².